The number of aliphatic hydroxyl groups excluding tert-OH is 1. The summed E-state index contributed by atoms with van der Waals surface area (Å²) in [7, 11) is 1.99. The first-order valence-corrected chi connectivity index (χ1v) is 12.5. The number of piperidine rings is 1. The molecule has 0 amide bonds. The average Bonchev–Trinajstić information content (AvgIpc) is 3.21. The topological polar surface area (TPSA) is 169 Å². The number of aliphatic carboxylic acids is 1. The molecule has 5 N–H and O–H groups in total. The van der Waals surface area contributed by atoms with E-state index in [4.69, 9.17) is 25.1 Å². The van der Waals surface area contributed by atoms with Crippen molar-refractivity contribution in [2.45, 2.75) is 80.9 Å². The lowest BCUT2D eigenvalue weighted by Crippen LogP contribution is -2.74. The van der Waals surface area contributed by atoms with Gasteiger partial charge in [0, 0.05) is 30.0 Å². The second-order valence-electron chi connectivity index (χ2n) is 10.4. The number of likely N-dealkylation sites (tertiary alicyclic amines) is 1. The summed E-state index contributed by atoms with van der Waals surface area (Å²) in [6.07, 6.45) is 0.573. The molecular formula is C26H32N2O9. The van der Waals surface area contributed by atoms with Gasteiger partial charge >= 0.3 is 17.9 Å². The van der Waals surface area contributed by atoms with Crippen LogP contribution < -0.4 is 10.5 Å². The Kier molecular flexibility index (Phi) is 6.30. The highest BCUT2D eigenvalue weighted by atomic mass is 16.6. The minimum absolute atomic E-state index is 0.124. The maximum Gasteiger partial charge on any atom is 0.352 e. The first kappa shape index (κ1) is 25.7. The molecule has 37 heavy (non-hydrogen) atoms. The normalized spacial score (nSPS) is 30.9. The lowest BCUT2D eigenvalue weighted by Gasteiger charge is -2.61. The van der Waals surface area contributed by atoms with Gasteiger partial charge in [-0.15, -0.1) is 0 Å². The summed E-state index contributed by atoms with van der Waals surface area (Å²) < 4.78 is 17.3. The molecule has 1 aromatic rings. The Morgan fingerprint density at radius 3 is 2.76 bits per heavy atom. The van der Waals surface area contributed by atoms with E-state index in [9.17, 15) is 24.6 Å². The smallest absolute Gasteiger partial charge is 0.352 e. The van der Waals surface area contributed by atoms with E-state index in [0.29, 0.717) is 30.7 Å². The van der Waals surface area contributed by atoms with Crippen LogP contribution in [0, 0.1) is 0 Å². The Bertz CT molecular complexity index is 1180. The first-order chi connectivity index (χ1) is 17.5. The van der Waals surface area contributed by atoms with E-state index in [-0.39, 0.29) is 37.7 Å². The predicted octanol–water partition coefficient (Wildman–Crippen LogP) is 0.124. The molecule has 200 valence electrons. The minimum Gasteiger partial charge on any atom is -0.481 e. The third-order valence-electron chi connectivity index (χ3n) is 8.44. The summed E-state index contributed by atoms with van der Waals surface area (Å²) in [6, 6.07) is 2.46. The number of rotatable bonds is 8. The highest BCUT2D eigenvalue weighted by molar-refractivity contribution is 5.82. The molecule has 1 spiro atoms. The van der Waals surface area contributed by atoms with Gasteiger partial charge in [-0.2, -0.15) is 0 Å². The van der Waals surface area contributed by atoms with Crippen molar-refractivity contribution in [2.24, 2.45) is 5.73 Å². The fourth-order valence-electron chi connectivity index (χ4n) is 6.54. The van der Waals surface area contributed by atoms with Crippen molar-refractivity contribution in [1.29, 1.82) is 0 Å². The Morgan fingerprint density at radius 2 is 2.05 bits per heavy atom. The highest BCUT2D eigenvalue weighted by Crippen LogP contribution is 2.64. The molecule has 0 radical (unpaired) electrons. The third kappa shape index (κ3) is 3.75. The summed E-state index contributed by atoms with van der Waals surface area (Å²) in [4.78, 5) is 38.0. The van der Waals surface area contributed by atoms with Crippen LogP contribution in [0.3, 0.4) is 0 Å². The maximum absolute atomic E-state index is 12.9. The van der Waals surface area contributed by atoms with Crippen LogP contribution in [0.5, 0.6) is 5.75 Å². The quantitative estimate of drug-likeness (QED) is 0.346. The van der Waals surface area contributed by atoms with Crippen LogP contribution in [-0.4, -0.2) is 81.6 Å². The number of ether oxygens (including phenoxy) is 3. The van der Waals surface area contributed by atoms with Gasteiger partial charge in [0.05, 0.1) is 17.6 Å². The number of likely N-dealkylation sites (N-methyl/N-ethyl adjacent to an activating group) is 1. The molecule has 6 atom stereocenters. The Balaban J connectivity index is 1.41. The molecule has 0 saturated carbocycles. The second kappa shape index (κ2) is 9.09. The Hall–Kier alpha value is -2.99. The third-order valence-corrected chi connectivity index (χ3v) is 8.44. The molecule has 11 heteroatoms. The number of nitrogens with two attached hydrogens (primary N) is 1. The number of hydrogen-bond acceptors (Lipinski definition) is 10. The van der Waals surface area contributed by atoms with Crippen LogP contribution >= 0.6 is 0 Å². The van der Waals surface area contributed by atoms with Gasteiger partial charge in [-0.3, -0.25) is 9.59 Å². The first-order valence-electron chi connectivity index (χ1n) is 12.5. The van der Waals surface area contributed by atoms with Crippen LogP contribution in [0.1, 0.15) is 49.3 Å². The number of nitrogens with zero attached hydrogens (tertiary/aromatic N) is 1. The maximum atomic E-state index is 12.9. The largest absolute Gasteiger partial charge is 0.481 e. The average molecular weight is 517 g/mol. The number of aliphatic hydroxyl groups is 2. The Labute approximate surface area is 213 Å². The fourth-order valence-corrected chi connectivity index (χ4v) is 6.54. The van der Waals surface area contributed by atoms with Gasteiger partial charge in [0.15, 0.2) is 12.2 Å². The van der Waals surface area contributed by atoms with Crippen molar-refractivity contribution in [3.8, 4) is 5.75 Å². The molecule has 2 bridgehead atoms. The molecule has 11 nitrogen and oxygen atoms in total. The number of carboxylic acids is 1. The van der Waals surface area contributed by atoms with Crippen LogP contribution in [0.2, 0.25) is 0 Å². The number of carbonyl (C=O) groups is 3. The molecule has 1 saturated heterocycles. The number of carbonyl (C=O) groups excluding carboxylic acids is 2. The number of esters is 2. The second-order valence-corrected chi connectivity index (χ2v) is 10.4. The van der Waals surface area contributed by atoms with Crippen molar-refractivity contribution in [2.75, 3.05) is 13.6 Å². The van der Waals surface area contributed by atoms with Gasteiger partial charge in [0.25, 0.3) is 0 Å². The zero-order chi connectivity index (χ0) is 26.7. The molecule has 2 heterocycles. The number of benzene rings is 1. The molecule has 1 fully saturated rings. The van der Waals surface area contributed by atoms with Crippen LogP contribution in [0.15, 0.2) is 24.0 Å². The zero-order valence-electron chi connectivity index (χ0n) is 20.8. The molecule has 4 aliphatic rings. The van der Waals surface area contributed by atoms with Crippen molar-refractivity contribution in [3.63, 3.8) is 0 Å². The van der Waals surface area contributed by atoms with Crippen LogP contribution in [0.25, 0.3) is 0 Å². The van der Waals surface area contributed by atoms with Crippen molar-refractivity contribution < 1.29 is 43.9 Å². The van der Waals surface area contributed by atoms with Gasteiger partial charge in [0.2, 0.25) is 0 Å². The monoisotopic (exact) mass is 516 g/mol. The van der Waals surface area contributed by atoms with Crippen molar-refractivity contribution in [1.82, 2.24) is 4.90 Å². The predicted molar refractivity (Wildman–Crippen MR) is 127 cm³/mol. The number of hydrogen-bond donors (Lipinski definition) is 4. The van der Waals surface area contributed by atoms with E-state index in [1.807, 2.05) is 19.2 Å². The van der Waals surface area contributed by atoms with Gasteiger partial charge < -0.3 is 40.2 Å². The van der Waals surface area contributed by atoms with E-state index in [0.717, 1.165) is 11.1 Å². The molecule has 0 aromatic heterocycles. The summed E-state index contributed by atoms with van der Waals surface area (Å²) in [5.41, 5.74) is 6.18. The van der Waals surface area contributed by atoms with Crippen LogP contribution in [0.4, 0.5) is 0 Å². The number of carboxylic acid groups (broad SMARTS) is 1. The summed E-state index contributed by atoms with van der Waals surface area (Å²) >= 11 is 0. The van der Waals surface area contributed by atoms with Gasteiger partial charge in [-0.25, -0.2) is 4.79 Å². The van der Waals surface area contributed by atoms with Gasteiger partial charge in [-0.05, 0) is 51.4 Å². The SMILES string of the molecule is C[C@H](OC(=O)[C@@H](N)CCC(=O)O)C(=O)OC1=CC[C@@]2(O)[C@H]3Cc4ccc(CO)c5c4C2(CCN3C)C1O5. The van der Waals surface area contributed by atoms with E-state index >= 15 is 0 Å². The van der Waals surface area contributed by atoms with Crippen molar-refractivity contribution >= 4 is 17.9 Å². The van der Waals surface area contributed by atoms with Gasteiger partial charge in [0.1, 0.15) is 17.6 Å². The highest BCUT2D eigenvalue weighted by Gasteiger charge is 2.71. The molecule has 5 rings (SSSR count). The van der Waals surface area contributed by atoms with Gasteiger partial charge in [-0.1, -0.05) is 12.1 Å². The molecule has 1 aromatic carbocycles. The Morgan fingerprint density at radius 1 is 1.30 bits per heavy atom. The van der Waals surface area contributed by atoms with E-state index in [2.05, 4.69) is 4.90 Å². The lowest BCUT2D eigenvalue weighted by molar-refractivity contribution is -0.175. The van der Waals surface area contributed by atoms with Crippen LogP contribution in [-0.2, 0) is 42.3 Å². The lowest BCUT2D eigenvalue weighted by atomic mass is 9.50. The zero-order valence-corrected chi connectivity index (χ0v) is 20.8. The fraction of sp³-hybridized carbons (Fsp3) is 0.577. The van der Waals surface area contributed by atoms with Crippen molar-refractivity contribution in [3.05, 3.63) is 40.7 Å². The molecular weight excluding hydrogens is 484 g/mol. The molecule has 2 unspecified atom stereocenters. The summed E-state index contributed by atoms with van der Waals surface area (Å²) in [5, 5.41) is 30.9. The summed E-state index contributed by atoms with van der Waals surface area (Å²) in [5.74, 6) is -2.08. The standard InChI is InChI=1S/C26H32N2O9/c1-13(35-24(33)16(27)5-6-19(30)31)23(32)36-17-7-8-26(34)18-11-14-3-4-15(12-29)21-20(14)25(26,22(17)37-21)9-10-28(18)2/h3-4,7,13,16,18,22,29,34H,5-6,8-12,27H2,1-2H3,(H,30,31)/t13-,16-,18+,22?,25?,26+/m0/s1. The summed E-state index contributed by atoms with van der Waals surface area (Å²) in [6.45, 7) is 1.82. The van der Waals surface area contributed by atoms with E-state index in [1.165, 1.54) is 6.92 Å². The van der Waals surface area contributed by atoms with E-state index in [1.54, 1.807) is 6.08 Å². The minimum atomic E-state index is -1.30. The van der Waals surface area contributed by atoms with E-state index < -0.39 is 47.2 Å². The molecule has 2 aliphatic carbocycles. The molecule has 2 aliphatic heterocycles.